The third-order valence-electron chi connectivity index (χ3n) is 14.3. The first-order valence-corrected chi connectivity index (χ1v) is 23.4. The lowest BCUT2D eigenvalue weighted by atomic mass is 9.74. The molecule has 1 unspecified atom stereocenters. The van der Waals surface area contributed by atoms with E-state index in [0.29, 0.717) is 26.0 Å². The summed E-state index contributed by atoms with van der Waals surface area (Å²) in [5.41, 5.74) is -0.752. The number of carbonyl (C=O) groups is 8. The molecule has 4 fully saturated rings. The molecule has 4 saturated heterocycles. The van der Waals surface area contributed by atoms with E-state index >= 15 is 0 Å². The second-order valence-electron chi connectivity index (χ2n) is 18.6. The van der Waals surface area contributed by atoms with Gasteiger partial charge in [0.05, 0.1) is 42.6 Å². The number of ether oxygens (including phenoxy) is 6. The number of amides is 6. The molecule has 11 atom stereocenters. The molecule has 70 heavy (non-hydrogen) atoms. The Morgan fingerprint density at radius 2 is 1.64 bits per heavy atom. The summed E-state index contributed by atoms with van der Waals surface area (Å²) in [4.78, 5) is 110. The van der Waals surface area contributed by atoms with Gasteiger partial charge in [-0.3, -0.25) is 48.2 Å². The molecule has 5 aliphatic heterocycles. The first kappa shape index (κ1) is 48.7. The van der Waals surface area contributed by atoms with Crippen LogP contribution in [0.3, 0.4) is 0 Å². The van der Waals surface area contributed by atoms with Crippen LogP contribution in [0.15, 0.2) is 30.4 Å². The summed E-state index contributed by atoms with van der Waals surface area (Å²) < 4.78 is 36.3. The molecule has 5 N–H and O–H groups in total. The van der Waals surface area contributed by atoms with Gasteiger partial charge in [-0.2, -0.15) is 0 Å². The van der Waals surface area contributed by atoms with Crippen LogP contribution >= 0.6 is 0 Å². The van der Waals surface area contributed by atoms with Crippen LogP contribution in [0.1, 0.15) is 95.5 Å². The lowest BCUT2D eigenvalue weighted by Gasteiger charge is -2.42. The molecule has 2 aromatic carbocycles. The Hall–Kier alpha value is -6.30. The Labute approximate surface area is 401 Å². The Kier molecular flexibility index (Phi) is 13.6. The quantitative estimate of drug-likeness (QED) is 0.112. The molecule has 0 spiro atoms. The van der Waals surface area contributed by atoms with Gasteiger partial charge in [-0.15, -0.1) is 0 Å². The Morgan fingerprint density at radius 1 is 0.900 bits per heavy atom. The highest BCUT2D eigenvalue weighted by molar-refractivity contribution is 6.31. The first-order valence-electron chi connectivity index (χ1n) is 23.4. The van der Waals surface area contributed by atoms with Gasteiger partial charge in [0, 0.05) is 93.0 Å². The molecule has 2 aliphatic carbocycles. The lowest BCUT2D eigenvalue weighted by molar-refractivity contribution is -0.254. The molecule has 22 heteroatoms. The van der Waals surface area contributed by atoms with Crippen molar-refractivity contribution in [3.05, 3.63) is 63.7 Å². The molecule has 5 heterocycles. The van der Waals surface area contributed by atoms with Crippen molar-refractivity contribution in [1.29, 1.82) is 0 Å². The highest BCUT2D eigenvalue weighted by Crippen LogP contribution is 2.52. The standard InChI is InChI=1S/C48H56N6O16/c1-21(49-31(55)12-14-54-32(56)9-10-33(54)57)44(62)50-22(2)46(64)52-13-11-25(20-52)51-45(63)24-17-27-36(42(61)38-37(40(27)59)39(58)26-7-6-8-29(65-4)35(26)41(38)60)30(18-24)69-34-19-28-43(23(3)68-34)70-47-48(66-5)67-16-15-53(28)47/h6-10,21-25,28,30,34,43,47-48,59,61H,11-20H2,1-5H3,(H,49,55)(H,50,62)(H,51,63)/t21-,22-,23-,24+,25?,28-,30-,34-,43+,47+,48-/m0/s1. The minimum Gasteiger partial charge on any atom is -0.507 e. The molecule has 0 aromatic heterocycles. The van der Waals surface area contributed by atoms with E-state index in [9.17, 15) is 48.6 Å². The number of ketones is 2. The average Bonchev–Trinajstić information content (AvgIpc) is 4.06. The molecular formula is C48H56N6O16. The molecule has 7 aliphatic rings. The SMILES string of the molecule is COc1cccc2c1C(=O)c1c(O)c3c(c(O)c1C2=O)C[C@@H](C(=O)NC1CCN(C(=O)[C@H](C)NC(=O)[C@H](C)NC(=O)CCN2C(=O)C=CC2=O)C1)C[C@@H]3O[C@H]1C[C@H]2[C@H](O[C@@H]3[C@@H](OC)OCCN32)[C@H](C)O1. The summed E-state index contributed by atoms with van der Waals surface area (Å²) in [5.74, 6) is -6.48. The summed E-state index contributed by atoms with van der Waals surface area (Å²) in [7, 11) is 2.89. The van der Waals surface area contributed by atoms with Gasteiger partial charge in [-0.25, -0.2) is 0 Å². The highest BCUT2D eigenvalue weighted by Gasteiger charge is 2.54. The number of nitrogens with one attached hydrogen (secondary N) is 3. The zero-order chi connectivity index (χ0) is 49.9. The smallest absolute Gasteiger partial charge is 0.253 e. The van der Waals surface area contributed by atoms with Crippen LogP contribution < -0.4 is 20.7 Å². The van der Waals surface area contributed by atoms with Crippen molar-refractivity contribution in [2.24, 2.45) is 5.92 Å². The number of hydrogen-bond acceptors (Lipinski definition) is 17. The largest absolute Gasteiger partial charge is 0.507 e. The second kappa shape index (κ2) is 19.5. The number of carbonyl (C=O) groups excluding carboxylic acids is 8. The lowest BCUT2D eigenvalue weighted by Crippen LogP contribution is -2.55. The van der Waals surface area contributed by atoms with Crippen molar-refractivity contribution in [3.63, 3.8) is 0 Å². The molecule has 9 rings (SSSR count). The van der Waals surface area contributed by atoms with Crippen LogP contribution in [-0.2, 0) is 58.9 Å². The number of fused-ring (bicyclic) bond motifs is 6. The van der Waals surface area contributed by atoms with Crippen LogP contribution in [0.5, 0.6) is 17.2 Å². The topological polar surface area (TPSA) is 278 Å². The van der Waals surface area contributed by atoms with Gasteiger partial charge < -0.3 is 59.5 Å². The van der Waals surface area contributed by atoms with Crippen LogP contribution in [0, 0.1) is 5.92 Å². The van der Waals surface area contributed by atoms with Gasteiger partial charge in [0.15, 0.2) is 24.6 Å². The fourth-order valence-corrected chi connectivity index (χ4v) is 10.8. The number of nitrogens with zero attached hydrogens (tertiary/aromatic N) is 3. The number of imide groups is 1. The van der Waals surface area contributed by atoms with Gasteiger partial charge in [-0.1, -0.05) is 12.1 Å². The van der Waals surface area contributed by atoms with Crippen LogP contribution in [0.25, 0.3) is 0 Å². The third kappa shape index (κ3) is 8.80. The van der Waals surface area contributed by atoms with Crippen LogP contribution in [0.4, 0.5) is 0 Å². The number of aromatic hydroxyl groups is 2. The number of benzene rings is 2. The maximum Gasteiger partial charge on any atom is 0.253 e. The fraction of sp³-hybridized carbons (Fsp3) is 0.542. The number of rotatable bonds is 13. The van der Waals surface area contributed by atoms with Gasteiger partial charge in [0.25, 0.3) is 11.8 Å². The van der Waals surface area contributed by atoms with Crippen LogP contribution in [-0.4, -0.2) is 174 Å². The molecular weight excluding hydrogens is 917 g/mol. The van der Waals surface area contributed by atoms with Gasteiger partial charge in [0.1, 0.15) is 35.4 Å². The second-order valence-corrected chi connectivity index (χ2v) is 18.6. The summed E-state index contributed by atoms with van der Waals surface area (Å²) in [6, 6.07) is 1.75. The zero-order valence-electron chi connectivity index (χ0n) is 39.3. The number of morpholine rings is 1. The molecule has 6 amide bonds. The summed E-state index contributed by atoms with van der Waals surface area (Å²) in [5, 5.41) is 32.4. The monoisotopic (exact) mass is 972 g/mol. The summed E-state index contributed by atoms with van der Waals surface area (Å²) in [6.07, 6.45) is -1.47. The third-order valence-corrected chi connectivity index (χ3v) is 14.3. The summed E-state index contributed by atoms with van der Waals surface area (Å²) in [6.45, 7) is 5.95. The molecule has 2 aromatic rings. The maximum absolute atomic E-state index is 14.4. The minimum absolute atomic E-state index is 0.0179. The number of phenols is 2. The van der Waals surface area contributed by atoms with E-state index in [2.05, 4.69) is 20.9 Å². The predicted octanol–water partition coefficient (Wildman–Crippen LogP) is 0.0766. The van der Waals surface area contributed by atoms with Gasteiger partial charge in [-0.05, 0) is 46.1 Å². The van der Waals surface area contributed by atoms with Gasteiger partial charge in [0.2, 0.25) is 29.4 Å². The van der Waals surface area contributed by atoms with Crippen molar-refractivity contribution in [2.45, 2.75) is 114 Å². The Morgan fingerprint density at radius 3 is 2.37 bits per heavy atom. The molecule has 0 bridgehead atoms. The fourth-order valence-electron chi connectivity index (χ4n) is 10.8. The van der Waals surface area contributed by atoms with Crippen molar-refractivity contribution in [1.82, 2.24) is 30.7 Å². The van der Waals surface area contributed by atoms with Crippen molar-refractivity contribution >= 4 is 47.0 Å². The van der Waals surface area contributed by atoms with E-state index in [0.717, 1.165) is 17.1 Å². The van der Waals surface area contributed by atoms with Crippen molar-refractivity contribution < 1.29 is 77.0 Å². The Bertz CT molecular complexity index is 2550. The Balaban J connectivity index is 0.896. The first-order chi connectivity index (χ1) is 33.5. The van der Waals surface area contributed by atoms with Gasteiger partial charge >= 0.3 is 0 Å². The van der Waals surface area contributed by atoms with E-state index in [1.807, 2.05) is 6.92 Å². The van der Waals surface area contributed by atoms with Crippen LogP contribution in [0.2, 0.25) is 0 Å². The van der Waals surface area contributed by atoms with Crippen molar-refractivity contribution in [2.75, 3.05) is 47.0 Å². The van der Waals surface area contributed by atoms with E-state index in [-0.39, 0.29) is 79.0 Å². The number of hydrogen-bond donors (Lipinski definition) is 5. The molecule has 0 radical (unpaired) electrons. The summed E-state index contributed by atoms with van der Waals surface area (Å²) >= 11 is 0. The van der Waals surface area contributed by atoms with E-state index in [4.69, 9.17) is 28.4 Å². The molecule has 22 nitrogen and oxygen atoms in total. The molecule has 0 saturated carbocycles. The number of methoxy groups -OCH3 is 2. The minimum atomic E-state index is -1.13. The maximum atomic E-state index is 14.4. The highest BCUT2D eigenvalue weighted by atomic mass is 16.7. The zero-order valence-corrected chi connectivity index (χ0v) is 39.3. The predicted molar refractivity (Wildman–Crippen MR) is 239 cm³/mol. The number of likely N-dealkylation sites (tertiary alicyclic amines) is 1. The average molecular weight is 973 g/mol. The molecule has 374 valence electrons. The van der Waals surface area contributed by atoms with Crippen molar-refractivity contribution in [3.8, 4) is 17.2 Å². The van der Waals surface area contributed by atoms with E-state index < -0.39 is 125 Å². The number of phenolic OH excluding ortho intramolecular Hbond substituents is 2. The van der Waals surface area contributed by atoms with E-state index in [1.165, 1.54) is 38.0 Å². The van der Waals surface area contributed by atoms with E-state index in [1.54, 1.807) is 13.2 Å². The normalized spacial score (nSPS) is 28.8.